The first-order valence-corrected chi connectivity index (χ1v) is 8.96. The monoisotopic (exact) mass is 370 g/mol. The summed E-state index contributed by atoms with van der Waals surface area (Å²) in [5.74, 6) is -1.99. The molecule has 1 saturated heterocycles. The summed E-state index contributed by atoms with van der Waals surface area (Å²) >= 11 is 0. The normalized spacial score (nSPS) is 19.3. The Morgan fingerprint density at radius 2 is 2.12 bits per heavy atom. The van der Waals surface area contributed by atoms with Crippen molar-refractivity contribution in [3.8, 4) is 0 Å². The van der Waals surface area contributed by atoms with Gasteiger partial charge in [0.1, 0.15) is 5.60 Å². The van der Waals surface area contributed by atoms with Gasteiger partial charge in [0.15, 0.2) is 11.6 Å². The predicted octanol–water partition coefficient (Wildman–Crippen LogP) is 3.63. The number of amides is 1. The zero-order valence-electron chi connectivity index (χ0n) is 15.6. The van der Waals surface area contributed by atoms with Gasteiger partial charge in [-0.05, 0) is 39.7 Å². The average Bonchev–Trinajstić information content (AvgIpc) is 2.57. The number of hydrogen-bond acceptors (Lipinski definition) is 4. The molecule has 0 bridgehead atoms. The van der Waals surface area contributed by atoms with Crippen molar-refractivity contribution in [2.45, 2.75) is 45.3 Å². The molecule has 1 fully saturated rings. The highest BCUT2D eigenvalue weighted by molar-refractivity contribution is 5.68. The lowest BCUT2D eigenvalue weighted by Gasteiger charge is -2.37. The molecular weight excluding hydrogens is 342 g/mol. The summed E-state index contributed by atoms with van der Waals surface area (Å²) < 4.78 is 39.2. The topological polar surface area (TPSA) is 64.8 Å². The van der Waals surface area contributed by atoms with Crippen molar-refractivity contribution in [2.75, 3.05) is 26.2 Å². The van der Waals surface area contributed by atoms with Gasteiger partial charge in [0.2, 0.25) is 0 Å². The fraction of sp³-hybridized carbons (Fsp3) is 0.632. The Morgan fingerprint density at radius 1 is 1.38 bits per heavy atom. The van der Waals surface area contributed by atoms with E-state index in [0.29, 0.717) is 13.1 Å². The molecule has 0 saturated carbocycles. The lowest BCUT2D eigenvalue weighted by molar-refractivity contribution is -0.0248. The van der Waals surface area contributed by atoms with Crippen LogP contribution in [0.2, 0.25) is 0 Å². The van der Waals surface area contributed by atoms with Crippen LogP contribution in [0.1, 0.15) is 45.3 Å². The quantitative estimate of drug-likeness (QED) is 0.860. The molecule has 5 nitrogen and oxygen atoms in total. The highest BCUT2D eigenvalue weighted by Gasteiger charge is 2.34. The molecule has 0 aromatic heterocycles. The Morgan fingerprint density at radius 3 is 2.77 bits per heavy atom. The molecule has 2 N–H and O–H groups in total. The van der Waals surface area contributed by atoms with Crippen molar-refractivity contribution in [3.05, 3.63) is 35.4 Å². The molecule has 0 radical (unpaired) electrons. The van der Waals surface area contributed by atoms with Crippen LogP contribution in [0.5, 0.6) is 0 Å². The van der Waals surface area contributed by atoms with E-state index in [-0.39, 0.29) is 24.6 Å². The number of likely N-dealkylation sites (tertiary alicyclic amines) is 1. The number of hydrogen-bond donors (Lipinski definition) is 1. The van der Waals surface area contributed by atoms with E-state index in [2.05, 4.69) is 0 Å². The Balaban J connectivity index is 2.19. The summed E-state index contributed by atoms with van der Waals surface area (Å²) in [5, 5.41) is 0. The van der Waals surface area contributed by atoms with Gasteiger partial charge < -0.3 is 20.1 Å². The predicted molar refractivity (Wildman–Crippen MR) is 94.6 cm³/mol. The fourth-order valence-electron chi connectivity index (χ4n) is 3.16. The maximum Gasteiger partial charge on any atom is 0.410 e. The summed E-state index contributed by atoms with van der Waals surface area (Å²) in [6.45, 7) is 6.85. The highest BCUT2D eigenvalue weighted by atomic mass is 19.2. The lowest BCUT2D eigenvalue weighted by atomic mass is 9.88. The Kier molecular flexibility index (Phi) is 6.94. The molecule has 2 unspecified atom stereocenters. The van der Waals surface area contributed by atoms with E-state index >= 15 is 0 Å². The van der Waals surface area contributed by atoms with Crippen molar-refractivity contribution >= 4 is 6.09 Å². The van der Waals surface area contributed by atoms with Crippen LogP contribution in [0, 0.1) is 17.6 Å². The van der Waals surface area contributed by atoms with Crippen LogP contribution in [0.15, 0.2) is 18.2 Å². The second kappa shape index (κ2) is 8.77. The van der Waals surface area contributed by atoms with Crippen molar-refractivity contribution < 1.29 is 23.0 Å². The van der Waals surface area contributed by atoms with Crippen LogP contribution in [-0.2, 0) is 9.47 Å². The molecule has 2 rings (SSSR count). The Bertz CT molecular complexity index is 619. The zero-order chi connectivity index (χ0) is 19.3. The minimum Gasteiger partial charge on any atom is -0.444 e. The maximum absolute atomic E-state index is 14.3. The summed E-state index contributed by atoms with van der Waals surface area (Å²) in [6, 6.07) is 4.06. The van der Waals surface area contributed by atoms with E-state index in [4.69, 9.17) is 15.2 Å². The minimum atomic E-state index is -0.913. The zero-order valence-corrected chi connectivity index (χ0v) is 15.6. The standard InChI is InChI=1S/C19H28F2N2O3/c1-19(2,3)26-18(24)23-10-5-6-13(12-23)17(25-11-9-22)14-7-4-8-15(20)16(14)21/h4,7-8,13,17H,5-6,9-12,22H2,1-3H3. The molecule has 7 heteroatoms. The molecule has 146 valence electrons. The average molecular weight is 370 g/mol. The molecular formula is C19H28F2N2O3. The van der Waals surface area contributed by atoms with Gasteiger partial charge in [-0.15, -0.1) is 0 Å². The SMILES string of the molecule is CC(C)(C)OC(=O)N1CCCC(C(OCCN)c2cccc(F)c2F)C1. The van der Waals surface area contributed by atoms with E-state index in [1.165, 1.54) is 12.1 Å². The largest absolute Gasteiger partial charge is 0.444 e. The molecule has 1 aliphatic heterocycles. The minimum absolute atomic E-state index is 0.162. The second-order valence-electron chi connectivity index (χ2n) is 7.55. The third kappa shape index (κ3) is 5.38. The Hall–Kier alpha value is -1.73. The van der Waals surface area contributed by atoms with Crippen LogP contribution in [0.25, 0.3) is 0 Å². The number of carbonyl (C=O) groups excluding carboxylic acids is 1. The summed E-state index contributed by atoms with van der Waals surface area (Å²) in [6.07, 6.45) is 0.410. The molecule has 1 heterocycles. The first-order valence-electron chi connectivity index (χ1n) is 8.96. The highest BCUT2D eigenvalue weighted by Crippen LogP contribution is 2.35. The van der Waals surface area contributed by atoms with Crippen LogP contribution < -0.4 is 5.73 Å². The van der Waals surface area contributed by atoms with E-state index in [1.807, 2.05) is 20.8 Å². The van der Waals surface area contributed by atoms with E-state index < -0.39 is 29.4 Å². The smallest absolute Gasteiger partial charge is 0.410 e. The number of carbonyl (C=O) groups is 1. The van der Waals surface area contributed by atoms with Gasteiger partial charge in [0.25, 0.3) is 0 Å². The number of benzene rings is 1. The van der Waals surface area contributed by atoms with Crippen LogP contribution >= 0.6 is 0 Å². The molecule has 0 aliphatic carbocycles. The van der Waals surface area contributed by atoms with Gasteiger partial charge in [0.05, 0.1) is 12.7 Å². The third-order valence-electron chi connectivity index (χ3n) is 4.24. The molecule has 26 heavy (non-hydrogen) atoms. The first kappa shape index (κ1) is 20.6. The number of rotatable bonds is 5. The molecule has 0 spiro atoms. The number of ether oxygens (including phenoxy) is 2. The van der Waals surface area contributed by atoms with Gasteiger partial charge in [0, 0.05) is 31.1 Å². The lowest BCUT2D eigenvalue weighted by Crippen LogP contribution is -2.44. The number of nitrogens with zero attached hydrogens (tertiary/aromatic N) is 1. The van der Waals surface area contributed by atoms with E-state index in [1.54, 1.807) is 4.90 Å². The summed E-state index contributed by atoms with van der Waals surface area (Å²) in [4.78, 5) is 14.0. The molecule has 2 atom stereocenters. The third-order valence-corrected chi connectivity index (χ3v) is 4.24. The fourth-order valence-corrected chi connectivity index (χ4v) is 3.16. The van der Waals surface area contributed by atoms with Gasteiger partial charge in [-0.1, -0.05) is 12.1 Å². The molecule has 1 aliphatic rings. The molecule has 1 aromatic carbocycles. The summed E-state index contributed by atoms with van der Waals surface area (Å²) in [5.41, 5.74) is 5.09. The van der Waals surface area contributed by atoms with Crippen molar-refractivity contribution in [1.82, 2.24) is 4.90 Å². The van der Waals surface area contributed by atoms with Crippen LogP contribution in [-0.4, -0.2) is 42.8 Å². The first-order chi connectivity index (χ1) is 12.2. The van der Waals surface area contributed by atoms with Crippen LogP contribution in [0.4, 0.5) is 13.6 Å². The second-order valence-corrected chi connectivity index (χ2v) is 7.55. The van der Waals surface area contributed by atoms with Crippen molar-refractivity contribution in [1.29, 1.82) is 0 Å². The number of piperidine rings is 1. The van der Waals surface area contributed by atoms with Crippen molar-refractivity contribution in [2.24, 2.45) is 11.7 Å². The van der Waals surface area contributed by atoms with E-state index in [0.717, 1.165) is 18.9 Å². The number of halogens is 2. The van der Waals surface area contributed by atoms with Crippen molar-refractivity contribution in [3.63, 3.8) is 0 Å². The Labute approximate surface area is 153 Å². The van der Waals surface area contributed by atoms with E-state index in [9.17, 15) is 13.6 Å². The maximum atomic E-state index is 14.3. The number of nitrogens with two attached hydrogens (primary N) is 1. The van der Waals surface area contributed by atoms with Gasteiger partial charge in [-0.25, -0.2) is 13.6 Å². The van der Waals surface area contributed by atoms with Gasteiger partial charge >= 0.3 is 6.09 Å². The van der Waals surface area contributed by atoms with Gasteiger partial charge in [-0.3, -0.25) is 0 Å². The van der Waals surface area contributed by atoms with Crippen LogP contribution in [0.3, 0.4) is 0 Å². The molecule has 1 aromatic rings. The molecule has 1 amide bonds. The van der Waals surface area contributed by atoms with Gasteiger partial charge in [-0.2, -0.15) is 0 Å². The summed E-state index contributed by atoms with van der Waals surface area (Å²) in [7, 11) is 0.